The summed E-state index contributed by atoms with van der Waals surface area (Å²) in [6.07, 6.45) is 1.56. The Morgan fingerprint density at radius 1 is 1.10 bits per heavy atom. The lowest BCUT2D eigenvalue weighted by Gasteiger charge is -2.13. The van der Waals surface area contributed by atoms with E-state index in [1.807, 2.05) is 30.3 Å². The normalized spacial score (nSPS) is 10.8. The van der Waals surface area contributed by atoms with Crippen LogP contribution < -0.4 is 9.47 Å². The van der Waals surface area contributed by atoms with Crippen LogP contribution in [-0.2, 0) is 18.1 Å². The van der Waals surface area contributed by atoms with Gasteiger partial charge in [0.15, 0.2) is 11.5 Å². The van der Waals surface area contributed by atoms with Crippen molar-refractivity contribution in [2.75, 3.05) is 7.11 Å². The number of rotatable bonds is 9. The molecule has 160 valence electrons. The number of nitro benzene ring substituents is 1. The molecule has 0 aliphatic heterocycles. The Labute approximate surface area is 201 Å². The van der Waals surface area contributed by atoms with E-state index in [-0.39, 0.29) is 12.3 Å². The fourth-order valence-electron chi connectivity index (χ4n) is 2.66. The summed E-state index contributed by atoms with van der Waals surface area (Å²) in [7, 11) is 1.58. The van der Waals surface area contributed by atoms with Gasteiger partial charge in [-0.1, -0.05) is 45.4 Å². The van der Waals surface area contributed by atoms with Gasteiger partial charge >= 0.3 is 0 Å². The molecule has 0 bridgehead atoms. The smallest absolute Gasteiger partial charge is 0.269 e. The van der Waals surface area contributed by atoms with Crippen LogP contribution in [0, 0.1) is 13.7 Å². The number of non-ortho nitro benzene ring substituents is 1. The van der Waals surface area contributed by atoms with Crippen molar-refractivity contribution >= 4 is 50.4 Å². The summed E-state index contributed by atoms with van der Waals surface area (Å²) in [6.45, 7) is 0.542. The third-order valence-electron chi connectivity index (χ3n) is 4.18. The molecular weight excluding hydrogens is 579 g/mol. The summed E-state index contributed by atoms with van der Waals surface area (Å²) in [4.78, 5) is 15.7. The van der Waals surface area contributed by atoms with Gasteiger partial charge in [-0.25, -0.2) is 0 Å². The first-order valence-electron chi connectivity index (χ1n) is 9.09. The molecule has 0 radical (unpaired) electrons. The number of halogens is 2. The van der Waals surface area contributed by atoms with Crippen molar-refractivity contribution < 1.29 is 19.2 Å². The Kier molecular flexibility index (Phi) is 8.24. The standard InChI is InChI=1S/C22H18BrIN2O5/c1-29-21-11-17(12-25-31-14-16-3-2-4-19(9-16)26(27)28)10-20(24)22(21)30-13-15-5-7-18(23)8-6-15/h2-12H,13-14H2,1H3/b25-12-. The maximum absolute atomic E-state index is 10.8. The van der Waals surface area contributed by atoms with E-state index in [0.717, 1.165) is 19.2 Å². The molecule has 9 heteroatoms. The molecule has 0 atom stereocenters. The van der Waals surface area contributed by atoms with Crippen molar-refractivity contribution in [2.24, 2.45) is 5.16 Å². The minimum Gasteiger partial charge on any atom is -0.493 e. The van der Waals surface area contributed by atoms with E-state index in [2.05, 4.69) is 43.7 Å². The van der Waals surface area contributed by atoms with Gasteiger partial charge in [0.2, 0.25) is 0 Å². The molecule has 0 saturated heterocycles. The highest BCUT2D eigenvalue weighted by Crippen LogP contribution is 2.34. The fraction of sp³-hybridized carbons (Fsp3) is 0.136. The molecule has 0 fully saturated rings. The number of nitro groups is 1. The maximum atomic E-state index is 10.8. The van der Waals surface area contributed by atoms with Crippen molar-refractivity contribution in [1.29, 1.82) is 0 Å². The number of methoxy groups -OCH3 is 1. The van der Waals surface area contributed by atoms with Gasteiger partial charge in [-0.3, -0.25) is 10.1 Å². The van der Waals surface area contributed by atoms with Crippen LogP contribution in [0.15, 0.2) is 70.3 Å². The summed E-state index contributed by atoms with van der Waals surface area (Å²) >= 11 is 5.60. The summed E-state index contributed by atoms with van der Waals surface area (Å²) in [6, 6.07) is 17.9. The van der Waals surface area contributed by atoms with Gasteiger partial charge in [0.1, 0.15) is 13.2 Å². The molecule has 0 aliphatic rings. The predicted octanol–water partition coefficient (Wildman–Crippen LogP) is 6.10. The molecule has 0 heterocycles. The van der Waals surface area contributed by atoms with E-state index in [4.69, 9.17) is 14.3 Å². The molecule has 0 aliphatic carbocycles. The first-order chi connectivity index (χ1) is 15.0. The van der Waals surface area contributed by atoms with Crippen molar-refractivity contribution in [3.8, 4) is 11.5 Å². The summed E-state index contributed by atoms with van der Waals surface area (Å²) in [5.41, 5.74) is 2.50. The average Bonchev–Trinajstić information content (AvgIpc) is 2.77. The highest BCUT2D eigenvalue weighted by atomic mass is 127. The maximum Gasteiger partial charge on any atom is 0.269 e. The Balaban J connectivity index is 1.64. The molecule has 0 saturated carbocycles. The first-order valence-corrected chi connectivity index (χ1v) is 11.0. The van der Waals surface area contributed by atoms with Gasteiger partial charge < -0.3 is 14.3 Å². The molecular formula is C22H18BrIN2O5. The van der Waals surface area contributed by atoms with Crippen LogP contribution in [-0.4, -0.2) is 18.2 Å². The van der Waals surface area contributed by atoms with Crippen molar-refractivity contribution in [3.63, 3.8) is 0 Å². The van der Waals surface area contributed by atoms with Gasteiger partial charge in [-0.2, -0.15) is 0 Å². The number of nitrogens with zero attached hydrogens (tertiary/aromatic N) is 2. The molecule has 3 rings (SSSR count). The second-order valence-electron chi connectivity index (χ2n) is 6.38. The lowest BCUT2D eigenvalue weighted by molar-refractivity contribution is -0.384. The quantitative estimate of drug-likeness (QED) is 0.129. The molecule has 3 aromatic rings. The topological polar surface area (TPSA) is 83.2 Å². The molecule has 3 aromatic carbocycles. The predicted molar refractivity (Wildman–Crippen MR) is 130 cm³/mol. The van der Waals surface area contributed by atoms with Crippen molar-refractivity contribution in [1.82, 2.24) is 0 Å². The molecule has 7 nitrogen and oxygen atoms in total. The fourth-order valence-corrected chi connectivity index (χ4v) is 3.71. The van der Waals surface area contributed by atoms with E-state index in [0.29, 0.717) is 23.7 Å². The third-order valence-corrected chi connectivity index (χ3v) is 5.51. The second-order valence-corrected chi connectivity index (χ2v) is 8.46. The average molecular weight is 597 g/mol. The van der Waals surface area contributed by atoms with Crippen LogP contribution >= 0.6 is 38.5 Å². The minimum absolute atomic E-state index is 0.0168. The first kappa shape index (κ1) is 23.0. The molecule has 0 spiro atoms. The number of hydrogen-bond acceptors (Lipinski definition) is 6. The molecule has 0 amide bonds. The van der Waals surface area contributed by atoms with Crippen LogP contribution in [0.3, 0.4) is 0 Å². The van der Waals surface area contributed by atoms with E-state index in [9.17, 15) is 10.1 Å². The second kappa shape index (κ2) is 11.1. The zero-order chi connectivity index (χ0) is 22.2. The van der Waals surface area contributed by atoms with Crippen LogP contribution in [0.4, 0.5) is 5.69 Å². The summed E-state index contributed by atoms with van der Waals surface area (Å²) in [5, 5.41) is 14.8. The Hall–Kier alpha value is -2.66. The molecule has 0 unspecified atom stereocenters. The Morgan fingerprint density at radius 3 is 2.58 bits per heavy atom. The van der Waals surface area contributed by atoms with Crippen LogP contribution in [0.1, 0.15) is 16.7 Å². The highest BCUT2D eigenvalue weighted by molar-refractivity contribution is 14.1. The lowest BCUT2D eigenvalue weighted by Crippen LogP contribution is -2.01. The number of benzene rings is 3. The van der Waals surface area contributed by atoms with Crippen molar-refractivity contribution in [3.05, 3.63) is 95.5 Å². The van der Waals surface area contributed by atoms with Gasteiger partial charge in [0, 0.05) is 22.2 Å². The van der Waals surface area contributed by atoms with E-state index >= 15 is 0 Å². The molecule has 0 aromatic heterocycles. The molecule has 0 N–H and O–H groups in total. The summed E-state index contributed by atoms with van der Waals surface area (Å²) in [5.74, 6) is 1.24. The van der Waals surface area contributed by atoms with Gasteiger partial charge in [-0.05, 0) is 58.0 Å². The van der Waals surface area contributed by atoms with Crippen LogP contribution in [0.25, 0.3) is 0 Å². The highest BCUT2D eigenvalue weighted by Gasteiger charge is 2.12. The van der Waals surface area contributed by atoms with Crippen LogP contribution in [0.2, 0.25) is 0 Å². The van der Waals surface area contributed by atoms with Crippen molar-refractivity contribution in [2.45, 2.75) is 13.2 Å². The van der Waals surface area contributed by atoms with Gasteiger partial charge in [0.25, 0.3) is 5.69 Å². The van der Waals surface area contributed by atoms with Gasteiger partial charge in [0.05, 0.1) is 21.8 Å². The van der Waals surface area contributed by atoms with Crippen LogP contribution in [0.5, 0.6) is 11.5 Å². The largest absolute Gasteiger partial charge is 0.493 e. The monoisotopic (exact) mass is 596 g/mol. The van der Waals surface area contributed by atoms with Gasteiger partial charge in [-0.15, -0.1) is 0 Å². The Bertz CT molecular complexity index is 1090. The molecule has 31 heavy (non-hydrogen) atoms. The third kappa shape index (κ3) is 6.66. The van der Waals surface area contributed by atoms with E-state index < -0.39 is 4.92 Å². The zero-order valence-corrected chi connectivity index (χ0v) is 20.2. The summed E-state index contributed by atoms with van der Waals surface area (Å²) < 4.78 is 13.3. The number of ether oxygens (including phenoxy) is 2. The van der Waals surface area contributed by atoms with E-state index in [1.165, 1.54) is 12.1 Å². The Morgan fingerprint density at radius 2 is 1.87 bits per heavy atom. The zero-order valence-electron chi connectivity index (χ0n) is 16.5. The van der Waals surface area contributed by atoms with E-state index in [1.54, 1.807) is 31.5 Å². The lowest BCUT2D eigenvalue weighted by atomic mass is 10.2. The number of hydrogen-bond donors (Lipinski definition) is 0. The SMILES string of the molecule is COc1cc(/C=N\OCc2cccc([N+](=O)[O-])c2)cc(I)c1OCc1ccc(Br)cc1. The number of oxime groups is 1. The minimum atomic E-state index is -0.443.